The van der Waals surface area contributed by atoms with Crippen LogP contribution in [0.5, 0.6) is 11.5 Å². The van der Waals surface area contributed by atoms with Crippen LogP contribution >= 0.6 is 0 Å². The van der Waals surface area contributed by atoms with Gasteiger partial charge in [-0.15, -0.1) is 0 Å². The van der Waals surface area contributed by atoms with E-state index in [1.807, 2.05) is 6.92 Å². The molecule has 224 valence electrons. The number of ether oxygens (including phenoxy) is 2. The van der Waals surface area contributed by atoms with Crippen molar-refractivity contribution >= 4 is 5.91 Å². The molecule has 1 amide bonds. The largest absolute Gasteiger partial charge is 0.496 e. The molecular formula is C34H50N4O3. The highest BCUT2D eigenvalue weighted by atomic mass is 16.5. The molecule has 2 aliphatic rings. The number of hydrogen-bond acceptors (Lipinski definition) is 6. The van der Waals surface area contributed by atoms with Crippen molar-refractivity contribution in [3.05, 3.63) is 69.3 Å². The highest BCUT2D eigenvalue weighted by molar-refractivity contribution is 5.93. The average Bonchev–Trinajstić information content (AvgIpc) is 2.99. The molecule has 4 rings (SSSR count). The van der Waals surface area contributed by atoms with Crippen molar-refractivity contribution in [1.29, 1.82) is 0 Å². The molecule has 2 atom stereocenters. The summed E-state index contributed by atoms with van der Waals surface area (Å²) in [4.78, 5) is 19.9. The van der Waals surface area contributed by atoms with Gasteiger partial charge < -0.3 is 14.8 Å². The number of hydrogen-bond donors (Lipinski definition) is 1. The number of nitrogens with one attached hydrogen (secondary N) is 1. The van der Waals surface area contributed by atoms with Crippen LogP contribution in [0.25, 0.3) is 0 Å². The molecule has 0 saturated carbocycles. The first kappa shape index (κ1) is 31.1. The van der Waals surface area contributed by atoms with E-state index in [1.54, 1.807) is 26.8 Å². The van der Waals surface area contributed by atoms with E-state index < -0.39 is 0 Å². The number of methoxy groups -OCH3 is 2. The van der Waals surface area contributed by atoms with Crippen LogP contribution in [0.3, 0.4) is 0 Å². The number of allylic oxidation sites excluding steroid dienone is 1. The molecule has 0 radical (unpaired) electrons. The summed E-state index contributed by atoms with van der Waals surface area (Å²) in [5.74, 6) is 1.77. The van der Waals surface area contributed by atoms with Crippen LogP contribution in [0.2, 0.25) is 0 Å². The van der Waals surface area contributed by atoms with Gasteiger partial charge in [-0.05, 0) is 75.0 Å². The number of carbonyl (C=O) groups excluding carboxylic acids is 1. The lowest BCUT2D eigenvalue weighted by Crippen LogP contribution is -2.45. The first-order chi connectivity index (χ1) is 19.7. The molecule has 0 bridgehead atoms. The first-order valence-electron chi connectivity index (χ1n) is 15.1. The Kier molecular flexibility index (Phi) is 10.5. The molecule has 0 aliphatic carbocycles. The van der Waals surface area contributed by atoms with E-state index in [1.165, 1.54) is 11.1 Å². The second kappa shape index (κ2) is 13.9. The Morgan fingerprint density at radius 3 is 2.17 bits per heavy atom. The molecule has 2 aliphatic heterocycles. The van der Waals surface area contributed by atoms with Gasteiger partial charge in [-0.25, -0.2) is 0 Å². The molecule has 0 spiro atoms. The third-order valence-corrected chi connectivity index (χ3v) is 9.50. The van der Waals surface area contributed by atoms with Gasteiger partial charge in [-0.3, -0.25) is 19.5 Å². The van der Waals surface area contributed by atoms with Gasteiger partial charge in [0.1, 0.15) is 11.5 Å². The lowest BCUT2D eigenvalue weighted by atomic mass is 9.86. The zero-order valence-corrected chi connectivity index (χ0v) is 26.5. The Hall–Kier alpha value is -2.87. The van der Waals surface area contributed by atoms with Gasteiger partial charge in [-0.2, -0.15) is 0 Å². The van der Waals surface area contributed by atoms with E-state index in [4.69, 9.17) is 9.47 Å². The molecular weight excluding hydrogens is 512 g/mol. The highest BCUT2D eigenvalue weighted by Crippen LogP contribution is 2.39. The summed E-state index contributed by atoms with van der Waals surface area (Å²) in [5.41, 5.74) is 8.59. The molecule has 1 saturated heterocycles. The van der Waals surface area contributed by atoms with Gasteiger partial charge in [0.25, 0.3) is 0 Å². The predicted molar refractivity (Wildman–Crippen MR) is 167 cm³/mol. The van der Waals surface area contributed by atoms with Crippen LogP contribution < -0.4 is 14.8 Å². The third-order valence-electron chi connectivity index (χ3n) is 9.50. The maximum absolute atomic E-state index is 12.3. The van der Waals surface area contributed by atoms with Crippen LogP contribution in [0.4, 0.5) is 0 Å². The Labute approximate surface area is 247 Å². The van der Waals surface area contributed by atoms with Gasteiger partial charge in [0.05, 0.1) is 19.8 Å². The Morgan fingerprint density at radius 1 is 1.00 bits per heavy atom. The van der Waals surface area contributed by atoms with Gasteiger partial charge in [-0.1, -0.05) is 30.7 Å². The van der Waals surface area contributed by atoms with E-state index in [-0.39, 0.29) is 11.8 Å². The number of nitrogens with zero attached hydrogens (tertiary/aromatic N) is 3. The molecule has 2 heterocycles. The zero-order valence-electron chi connectivity index (χ0n) is 26.5. The fraction of sp³-hybridized carbons (Fsp3) is 0.559. The van der Waals surface area contributed by atoms with Crippen LogP contribution in [0.1, 0.15) is 73.9 Å². The van der Waals surface area contributed by atoms with Crippen molar-refractivity contribution in [3.63, 3.8) is 0 Å². The number of benzene rings is 2. The van der Waals surface area contributed by atoms with Crippen molar-refractivity contribution in [2.24, 2.45) is 0 Å². The fourth-order valence-corrected chi connectivity index (χ4v) is 6.57. The van der Waals surface area contributed by atoms with Gasteiger partial charge in [0.2, 0.25) is 5.91 Å². The zero-order chi connectivity index (χ0) is 29.7. The monoisotopic (exact) mass is 562 g/mol. The van der Waals surface area contributed by atoms with Crippen molar-refractivity contribution < 1.29 is 14.3 Å². The molecule has 1 N–H and O–H groups in total. The SMILES string of the molecule is CCC(/C(C)=C(/C)C(=O)NC)c1cc(OC)c(CN2CCN(Cc3cccc4c3CCN(C)[C@@H]4C)CC2)c(OC)c1. The van der Waals surface area contributed by atoms with Crippen molar-refractivity contribution in [1.82, 2.24) is 20.0 Å². The minimum atomic E-state index is -0.0371. The summed E-state index contributed by atoms with van der Waals surface area (Å²) in [7, 11) is 7.37. The van der Waals surface area contributed by atoms with Crippen molar-refractivity contribution in [2.45, 2.75) is 65.6 Å². The maximum atomic E-state index is 12.3. The van der Waals surface area contributed by atoms with E-state index >= 15 is 0 Å². The summed E-state index contributed by atoms with van der Waals surface area (Å²) >= 11 is 0. The first-order valence-corrected chi connectivity index (χ1v) is 15.1. The molecule has 0 aromatic heterocycles. The lowest BCUT2D eigenvalue weighted by molar-refractivity contribution is -0.117. The summed E-state index contributed by atoms with van der Waals surface area (Å²) in [6, 6.07) is 11.6. The number of piperazine rings is 1. The van der Waals surface area contributed by atoms with Crippen molar-refractivity contribution in [3.8, 4) is 11.5 Å². The highest BCUT2D eigenvalue weighted by Gasteiger charge is 2.26. The average molecular weight is 563 g/mol. The molecule has 2 aromatic rings. The summed E-state index contributed by atoms with van der Waals surface area (Å²) < 4.78 is 11.9. The normalized spacial score (nSPS) is 19.8. The topological polar surface area (TPSA) is 57.3 Å². The Bertz CT molecular complexity index is 1220. The second-order valence-electron chi connectivity index (χ2n) is 11.7. The van der Waals surface area contributed by atoms with E-state index in [2.05, 4.69) is 78.2 Å². The van der Waals surface area contributed by atoms with Crippen molar-refractivity contribution in [2.75, 3.05) is 61.0 Å². The maximum Gasteiger partial charge on any atom is 0.246 e. The van der Waals surface area contributed by atoms with Crippen LogP contribution in [-0.4, -0.2) is 81.6 Å². The van der Waals surface area contributed by atoms with Gasteiger partial charge >= 0.3 is 0 Å². The van der Waals surface area contributed by atoms with Gasteiger partial charge in [0, 0.05) is 70.4 Å². The summed E-state index contributed by atoms with van der Waals surface area (Å²) in [6.45, 7) is 15.5. The van der Waals surface area contributed by atoms with Crippen LogP contribution in [-0.2, 0) is 24.3 Å². The smallest absolute Gasteiger partial charge is 0.246 e. The van der Waals surface area contributed by atoms with Gasteiger partial charge in [0.15, 0.2) is 0 Å². The third kappa shape index (κ3) is 6.79. The van der Waals surface area contributed by atoms with Crippen LogP contribution in [0, 0.1) is 0 Å². The Morgan fingerprint density at radius 2 is 1.61 bits per heavy atom. The molecule has 1 fully saturated rings. The molecule has 7 heteroatoms. The van der Waals surface area contributed by atoms with E-state index in [0.29, 0.717) is 6.04 Å². The number of amides is 1. The quantitative estimate of drug-likeness (QED) is 0.405. The summed E-state index contributed by atoms with van der Waals surface area (Å²) in [6.07, 6.45) is 2.02. The molecule has 7 nitrogen and oxygen atoms in total. The summed E-state index contributed by atoms with van der Waals surface area (Å²) in [5, 5.41) is 2.75. The lowest BCUT2D eigenvalue weighted by Gasteiger charge is -2.37. The Balaban J connectivity index is 1.46. The minimum absolute atomic E-state index is 0.0371. The van der Waals surface area contributed by atoms with E-state index in [9.17, 15) is 4.79 Å². The number of carbonyl (C=O) groups is 1. The molecule has 2 aromatic carbocycles. The number of likely N-dealkylation sites (N-methyl/N-ethyl adjacent to an activating group) is 2. The predicted octanol–water partition coefficient (Wildman–Crippen LogP) is 5.15. The van der Waals surface area contributed by atoms with E-state index in [0.717, 1.165) is 92.4 Å². The fourth-order valence-electron chi connectivity index (χ4n) is 6.57. The number of fused-ring (bicyclic) bond motifs is 1. The number of rotatable bonds is 10. The van der Waals surface area contributed by atoms with Crippen LogP contribution in [0.15, 0.2) is 41.5 Å². The second-order valence-corrected chi connectivity index (χ2v) is 11.7. The molecule has 1 unspecified atom stereocenters. The standard InChI is InChI=1S/C34H50N4O3/c1-9-28(23(2)24(3)34(39)35-5)27-19-32(40-7)31(33(20-27)41-8)22-38-17-15-37(16-18-38)21-26-11-10-12-29-25(4)36(6)14-13-30(26)29/h10-12,19-20,25,28H,9,13-18,21-22H2,1-8H3,(H,35,39)/b24-23-/t25-,28?/m1/s1. The minimum Gasteiger partial charge on any atom is -0.496 e. The molecule has 41 heavy (non-hydrogen) atoms.